The van der Waals surface area contributed by atoms with Crippen molar-refractivity contribution in [1.29, 1.82) is 0 Å². The third-order valence-electron chi connectivity index (χ3n) is 5.45. The number of urea groups is 1. The molecule has 170 valence electrons. The number of amides is 2. The number of methoxy groups -OCH3 is 1. The van der Waals surface area contributed by atoms with Gasteiger partial charge in [-0.2, -0.15) is 0 Å². The van der Waals surface area contributed by atoms with Crippen molar-refractivity contribution in [3.05, 3.63) is 29.8 Å². The highest BCUT2D eigenvalue weighted by atomic mass is 127. The standard InChI is InChI=1S/C22H37N5O2.HI/c1-17(2)26-21(28)27-19-9-7-18(8-10-19)15-24-20(23-3)25-16-22(13-14-29-4)11-5-6-12-22;/h7-10,17H,5-6,11-16H2,1-4H3,(H2,23,24,25)(H2,26,27,28);1H. The normalized spacial score (nSPS) is 15.4. The molecular formula is C22H38IN5O2. The molecule has 1 aliphatic carbocycles. The number of rotatable bonds is 9. The zero-order valence-corrected chi connectivity index (χ0v) is 21.0. The maximum Gasteiger partial charge on any atom is 0.319 e. The summed E-state index contributed by atoms with van der Waals surface area (Å²) in [6.45, 7) is 6.26. The van der Waals surface area contributed by atoms with E-state index < -0.39 is 0 Å². The minimum absolute atomic E-state index is 0. The Morgan fingerprint density at radius 3 is 2.40 bits per heavy atom. The van der Waals surface area contributed by atoms with Crippen molar-refractivity contribution in [3.63, 3.8) is 0 Å². The maximum absolute atomic E-state index is 11.8. The van der Waals surface area contributed by atoms with Crippen LogP contribution in [0.5, 0.6) is 0 Å². The molecule has 30 heavy (non-hydrogen) atoms. The first-order valence-electron chi connectivity index (χ1n) is 10.6. The van der Waals surface area contributed by atoms with Crippen LogP contribution < -0.4 is 21.3 Å². The molecule has 0 saturated heterocycles. The number of nitrogens with zero attached hydrogens (tertiary/aromatic N) is 1. The van der Waals surface area contributed by atoms with E-state index in [1.165, 1.54) is 25.7 Å². The molecule has 0 unspecified atom stereocenters. The SMILES string of the molecule is CN=C(NCc1ccc(NC(=O)NC(C)C)cc1)NCC1(CCOC)CCCC1.I. The molecule has 0 aliphatic heterocycles. The van der Waals surface area contributed by atoms with E-state index in [9.17, 15) is 4.79 Å². The number of hydrogen-bond donors (Lipinski definition) is 4. The van der Waals surface area contributed by atoms with E-state index in [0.717, 1.165) is 36.8 Å². The second-order valence-electron chi connectivity index (χ2n) is 8.18. The third-order valence-corrected chi connectivity index (χ3v) is 5.45. The highest BCUT2D eigenvalue weighted by Gasteiger charge is 2.33. The van der Waals surface area contributed by atoms with Crippen LogP contribution in [0.4, 0.5) is 10.5 Å². The Balaban J connectivity index is 0.00000450. The summed E-state index contributed by atoms with van der Waals surface area (Å²) in [4.78, 5) is 16.1. The topological polar surface area (TPSA) is 86.8 Å². The van der Waals surface area contributed by atoms with Crippen molar-refractivity contribution in [1.82, 2.24) is 16.0 Å². The summed E-state index contributed by atoms with van der Waals surface area (Å²) in [6, 6.07) is 7.74. The van der Waals surface area contributed by atoms with Crippen molar-refractivity contribution >= 4 is 41.7 Å². The fourth-order valence-electron chi connectivity index (χ4n) is 3.77. The Labute approximate surface area is 198 Å². The quantitative estimate of drug-likeness (QED) is 0.220. The first kappa shape index (κ1) is 26.5. The van der Waals surface area contributed by atoms with Crippen LogP contribution >= 0.6 is 24.0 Å². The van der Waals surface area contributed by atoms with Gasteiger partial charge in [-0.05, 0) is 56.2 Å². The van der Waals surface area contributed by atoms with Gasteiger partial charge in [-0.25, -0.2) is 4.79 Å². The number of halogens is 1. The van der Waals surface area contributed by atoms with Crippen molar-refractivity contribution in [2.75, 3.05) is 32.6 Å². The van der Waals surface area contributed by atoms with Crippen LogP contribution in [0, 0.1) is 5.41 Å². The van der Waals surface area contributed by atoms with Gasteiger partial charge in [0.05, 0.1) is 0 Å². The van der Waals surface area contributed by atoms with E-state index >= 15 is 0 Å². The van der Waals surface area contributed by atoms with Gasteiger partial charge in [-0.1, -0.05) is 25.0 Å². The molecule has 7 nitrogen and oxygen atoms in total. The summed E-state index contributed by atoms with van der Waals surface area (Å²) in [7, 11) is 3.57. The highest BCUT2D eigenvalue weighted by Crippen LogP contribution is 2.40. The number of ether oxygens (including phenoxy) is 1. The first-order chi connectivity index (χ1) is 14.0. The van der Waals surface area contributed by atoms with Crippen LogP contribution in [0.15, 0.2) is 29.3 Å². The van der Waals surface area contributed by atoms with Crippen molar-refractivity contribution in [3.8, 4) is 0 Å². The van der Waals surface area contributed by atoms with Gasteiger partial charge in [0.15, 0.2) is 5.96 Å². The lowest BCUT2D eigenvalue weighted by atomic mass is 9.83. The summed E-state index contributed by atoms with van der Waals surface area (Å²) in [5.74, 6) is 0.812. The first-order valence-corrected chi connectivity index (χ1v) is 10.6. The van der Waals surface area contributed by atoms with Crippen LogP contribution in [-0.4, -0.2) is 45.3 Å². The van der Waals surface area contributed by atoms with E-state index in [0.29, 0.717) is 12.0 Å². The number of guanidine groups is 1. The van der Waals surface area contributed by atoms with E-state index in [1.54, 1.807) is 14.2 Å². The lowest BCUT2D eigenvalue weighted by Crippen LogP contribution is -2.43. The fourth-order valence-corrected chi connectivity index (χ4v) is 3.77. The zero-order valence-electron chi connectivity index (χ0n) is 18.7. The number of aliphatic imine (C=N–C) groups is 1. The molecule has 1 fully saturated rings. The molecule has 1 aliphatic rings. The molecule has 1 aromatic rings. The molecule has 0 spiro atoms. The molecule has 0 atom stereocenters. The van der Waals surface area contributed by atoms with Gasteiger partial charge in [-0.15, -0.1) is 24.0 Å². The Morgan fingerprint density at radius 1 is 1.17 bits per heavy atom. The zero-order chi connectivity index (χ0) is 21.1. The lowest BCUT2D eigenvalue weighted by Gasteiger charge is -2.30. The van der Waals surface area contributed by atoms with Gasteiger partial charge in [-0.3, -0.25) is 4.99 Å². The highest BCUT2D eigenvalue weighted by molar-refractivity contribution is 14.0. The molecule has 8 heteroatoms. The van der Waals surface area contributed by atoms with E-state index in [2.05, 4.69) is 26.3 Å². The van der Waals surface area contributed by atoms with Gasteiger partial charge in [0, 0.05) is 45.6 Å². The Hall–Kier alpha value is -1.55. The molecule has 0 aromatic heterocycles. The summed E-state index contributed by atoms with van der Waals surface area (Å²) in [5.41, 5.74) is 2.21. The van der Waals surface area contributed by atoms with Crippen molar-refractivity contribution < 1.29 is 9.53 Å². The van der Waals surface area contributed by atoms with Gasteiger partial charge < -0.3 is 26.0 Å². The average Bonchev–Trinajstić information content (AvgIpc) is 3.16. The minimum atomic E-state index is -0.190. The van der Waals surface area contributed by atoms with Gasteiger partial charge >= 0.3 is 6.03 Å². The van der Waals surface area contributed by atoms with E-state index in [4.69, 9.17) is 4.74 Å². The number of anilines is 1. The van der Waals surface area contributed by atoms with Gasteiger partial charge in [0.25, 0.3) is 0 Å². The van der Waals surface area contributed by atoms with Crippen molar-refractivity contribution in [2.45, 2.75) is 58.5 Å². The monoisotopic (exact) mass is 531 g/mol. The molecule has 0 heterocycles. The number of hydrogen-bond acceptors (Lipinski definition) is 3. The van der Waals surface area contributed by atoms with Crippen molar-refractivity contribution in [2.24, 2.45) is 10.4 Å². The second-order valence-corrected chi connectivity index (χ2v) is 8.18. The van der Waals surface area contributed by atoms with E-state index in [1.807, 2.05) is 38.1 Å². The summed E-state index contributed by atoms with van der Waals surface area (Å²) in [6.07, 6.45) is 6.19. The molecular weight excluding hydrogens is 493 g/mol. The van der Waals surface area contributed by atoms with E-state index in [-0.39, 0.29) is 36.0 Å². The Kier molecular flexibility index (Phi) is 12.1. The van der Waals surface area contributed by atoms with Gasteiger partial charge in [0.2, 0.25) is 0 Å². The fraction of sp³-hybridized carbons (Fsp3) is 0.636. The average molecular weight is 531 g/mol. The number of carbonyl (C=O) groups excluding carboxylic acids is 1. The number of carbonyl (C=O) groups is 1. The van der Waals surface area contributed by atoms with Crippen LogP contribution in [0.25, 0.3) is 0 Å². The van der Waals surface area contributed by atoms with Crippen LogP contribution in [-0.2, 0) is 11.3 Å². The van der Waals surface area contributed by atoms with Gasteiger partial charge in [0.1, 0.15) is 0 Å². The molecule has 2 amide bonds. The molecule has 0 bridgehead atoms. The second kappa shape index (κ2) is 13.7. The lowest BCUT2D eigenvalue weighted by molar-refractivity contribution is 0.138. The van der Waals surface area contributed by atoms with Crippen LogP contribution in [0.1, 0.15) is 51.5 Å². The predicted molar refractivity (Wildman–Crippen MR) is 135 cm³/mol. The minimum Gasteiger partial charge on any atom is -0.385 e. The Bertz CT molecular complexity index is 658. The predicted octanol–water partition coefficient (Wildman–Crippen LogP) is 4.10. The third kappa shape index (κ3) is 9.07. The summed E-state index contributed by atoms with van der Waals surface area (Å²) >= 11 is 0. The Morgan fingerprint density at radius 2 is 1.83 bits per heavy atom. The summed E-state index contributed by atoms with van der Waals surface area (Å²) in [5, 5.41) is 12.5. The largest absolute Gasteiger partial charge is 0.385 e. The smallest absolute Gasteiger partial charge is 0.319 e. The van der Waals surface area contributed by atoms with Crippen LogP contribution in [0.3, 0.4) is 0 Å². The number of benzene rings is 1. The molecule has 2 rings (SSSR count). The summed E-state index contributed by atoms with van der Waals surface area (Å²) < 4.78 is 5.32. The molecule has 4 N–H and O–H groups in total. The van der Waals surface area contributed by atoms with Crippen LogP contribution in [0.2, 0.25) is 0 Å². The molecule has 0 radical (unpaired) electrons. The molecule has 1 aromatic carbocycles. The number of nitrogens with one attached hydrogen (secondary N) is 4. The molecule has 1 saturated carbocycles. The maximum atomic E-state index is 11.8.